The number of carbonyl (C=O) groups excluding carboxylic acids is 1. The van der Waals surface area contributed by atoms with E-state index in [9.17, 15) is 9.18 Å². The summed E-state index contributed by atoms with van der Waals surface area (Å²) in [6.07, 6.45) is 0.895. The second-order valence-electron chi connectivity index (χ2n) is 6.11. The second kappa shape index (κ2) is 9.06. The van der Waals surface area contributed by atoms with Gasteiger partial charge in [0.2, 0.25) is 5.91 Å². The molecule has 0 heterocycles. The molecule has 0 unspecified atom stereocenters. The number of halogens is 1. The largest absolute Gasteiger partial charge is 0.384 e. The van der Waals surface area contributed by atoms with Gasteiger partial charge in [0.05, 0.1) is 0 Å². The van der Waals surface area contributed by atoms with Gasteiger partial charge in [-0.2, -0.15) is 0 Å². The average molecular weight is 328 g/mol. The molecule has 0 spiro atoms. The molecular weight excluding hydrogens is 303 g/mol. The molecule has 0 radical (unpaired) electrons. The van der Waals surface area contributed by atoms with Crippen molar-refractivity contribution in [3.05, 3.63) is 65.5 Å². The third-order valence-corrected chi connectivity index (χ3v) is 3.92. The minimum Gasteiger partial charge on any atom is -0.384 e. The molecular formula is C20H25FN2O. The van der Waals surface area contributed by atoms with Crippen molar-refractivity contribution in [1.29, 1.82) is 0 Å². The highest BCUT2D eigenvalue weighted by molar-refractivity contribution is 5.76. The zero-order chi connectivity index (χ0) is 17.4. The predicted octanol–water partition coefficient (Wildman–Crippen LogP) is 4.11. The summed E-state index contributed by atoms with van der Waals surface area (Å²) in [5.41, 5.74) is 2.95. The molecule has 3 nitrogen and oxygen atoms in total. The molecule has 24 heavy (non-hydrogen) atoms. The molecule has 2 aromatic carbocycles. The van der Waals surface area contributed by atoms with Crippen LogP contribution in [0.4, 0.5) is 10.1 Å². The number of para-hydroxylation sites is 1. The van der Waals surface area contributed by atoms with Gasteiger partial charge in [-0.25, -0.2) is 4.39 Å². The van der Waals surface area contributed by atoms with Crippen LogP contribution < -0.4 is 10.6 Å². The van der Waals surface area contributed by atoms with Crippen molar-refractivity contribution in [3.8, 4) is 0 Å². The van der Waals surface area contributed by atoms with E-state index >= 15 is 0 Å². The summed E-state index contributed by atoms with van der Waals surface area (Å²) in [4.78, 5) is 11.9. The number of carbonyl (C=O) groups is 1. The number of anilines is 1. The molecule has 128 valence electrons. The lowest BCUT2D eigenvalue weighted by Gasteiger charge is -2.14. The number of hydrogen-bond acceptors (Lipinski definition) is 2. The van der Waals surface area contributed by atoms with Gasteiger partial charge < -0.3 is 10.6 Å². The van der Waals surface area contributed by atoms with Gasteiger partial charge in [0.25, 0.3) is 0 Å². The fraction of sp³-hybridized carbons (Fsp3) is 0.350. The monoisotopic (exact) mass is 328 g/mol. The second-order valence-corrected chi connectivity index (χ2v) is 6.11. The summed E-state index contributed by atoms with van der Waals surface area (Å²) < 4.78 is 13.5. The maximum Gasteiger partial charge on any atom is 0.221 e. The van der Waals surface area contributed by atoms with Gasteiger partial charge in [-0.3, -0.25) is 4.79 Å². The molecule has 0 aliphatic heterocycles. The highest BCUT2D eigenvalue weighted by Gasteiger charge is 2.07. The van der Waals surface area contributed by atoms with Crippen LogP contribution in [0.3, 0.4) is 0 Å². The van der Waals surface area contributed by atoms with E-state index in [1.165, 1.54) is 11.6 Å². The maximum absolute atomic E-state index is 13.5. The predicted molar refractivity (Wildman–Crippen MR) is 96.8 cm³/mol. The molecule has 0 aliphatic carbocycles. The van der Waals surface area contributed by atoms with Gasteiger partial charge in [-0.05, 0) is 35.6 Å². The lowest BCUT2D eigenvalue weighted by atomic mass is 10.0. The first-order valence-corrected chi connectivity index (χ1v) is 8.41. The molecule has 2 aromatic rings. The Balaban J connectivity index is 1.71. The van der Waals surface area contributed by atoms with Crippen molar-refractivity contribution in [2.24, 2.45) is 0 Å². The maximum atomic E-state index is 13.5. The SMILES string of the molecule is CC(C)c1ccccc1NCCC(=O)NCCc1ccccc1F. The molecule has 0 saturated carbocycles. The topological polar surface area (TPSA) is 41.1 Å². The number of nitrogens with one attached hydrogen (secondary N) is 2. The zero-order valence-corrected chi connectivity index (χ0v) is 14.3. The first-order valence-electron chi connectivity index (χ1n) is 8.41. The van der Waals surface area contributed by atoms with E-state index < -0.39 is 0 Å². The van der Waals surface area contributed by atoms with Crippen molar-refractivity contribution in [2.75, 3.05) is 18.4 Å². The fourth-order valence-corrected chi connectivity index (χ4v) is 2.60. The number of amides is 1. The molecule has 0 fully saturated rings. The summed E-state index contributed by atoms with van der Waals surface area (Å²) in [6.45, 7) is 5.32. The molecule has 0 aliphatic rings. The van der Waals surface area contributed by atoms with E-state index in [1.54, 1.807) is 18.2 Å². The smallest absolute Gasteiger partial charge is 0.221 e. The summed E-state index contributed by atoms with van der Waals surface area (Å²) >= 11 is 0. The summed E-state index contributed by atoms with van der Waals surface area (Å²) in [6, 6.07) is 14.8. The molecule has 0 saturated heterocycles. The van der Waals surface area contributed by atoms with E-state index in [0.717, 1.165) is 5.69 Å². The van der Waals surface area contributed by atoms with Crippen LogP contribution in [0.25, 0.3) is 0 Å². The molecule has 0 aromatic heterocycles. The lowest BCUT2D eigenvalue weighted by molar-refractivity contribution is -0.120. The summed E-state index contributed by atoms with van der Waals surface area (Å²) in [5.74, 6) is 0.183. The molecule has 0 bridgehead atoms. The molecule has 0 atom stereocenters. The van der Waals surface area contributed by atoms with Crippen molar-refractivity contribution in [2.45, 2.75) is 32.6 Å². The molecule has 2 N–H and O–H groups in total. The van der Waals surface area contributed by atoms with Crippen molar-refractivity contribution < 1.29 is 9.18 Å². The Bertz CT molecular complexity index is 670. The van der Waals surface area contributed by atoms with Crippen LogP contribution in [0.5, 0.6) is 0 Å². The van der Waals surface area contributed by atoms with Gasteiger partial charge in [0, 0.05) is 25.2 Å². The Hall–Kier alpha value is -2.36. The van der Waals surface area contributed by atoms with Gasteiger partial charge in [0.15, 0.2) is 0 Å². The minimum absolute atomic E-state index is 0.0270. The van der Waals surface area contributed by atoms with E-state index in [0.29, 0.717) is 37.4 Å². The van der Waals surface area contributed by atoms with E-state index in [4.69, 9.17) is 0 Å². The lowest BCUT2D eigenvalue weighted by Crippen LogP contribution is -2.27. The van der Waals surface area contributed by atoms with E-state index in [-0.39, 0.29) is 11.7 Å². The summed E-state index contributed by atoms with van der Waals surface area (Å²) in [5, 5.41) is 6.16. The van der Waals surface area contributed by atoms with Gasteiger partial charge >= 0.3 is 0 Å². The summed E-state index contributed by atoms with van der Waals surface area (Å²) in [7, 11) is 0. The zero-order valence-electron chi connectivity index (χ0n) is 14.3. The van der Waals surface area contributed by atoms with Crippen LogP contribution in [0.1, 0.15) is 37.3 Å². The van der Waals surface area contributed by atoms with Crippen LogP contribution in [0.2, 0.25) is 0 Å². The molecule has 2 rings (SSSR count). The quantitative estimate of drug-likeness (QED) is 0.765. The van der Waals surface area contributed by atoms with Crippen molar-refractivity contribution in [3.63, 3.8) is 0 Å². The Morgan fingerprint density at radius 3 is 2.50 bits per heavy atom. The number of benzene rings is 2. The van der Waals surface area contributed by atoms with Crippen LogP contribution >= 0.6 is 0 Å². The standard InChI is InChI=1S/C20H25FN2O/c1-15(2)17-8-4-6-10-19(17)22-14-12-20(24)23-13-11-16-7-3-5-9-18(16)21/h3-10,15,22H,11-14H2,1-2H3,(H,23,24). The average Bonchev–Trinajstić information content (AvgIpc) is 2.57. The number of rotatable bonds is 8. The van der Waals surface area contributed by atoms with Crippen LogP contribution in [-0.2, 0) is 11.2 Å². The number of hydrogen-bond donors (Lipinski definition) is 2. The third-order valence-electron chi connectivity index (χ3n) is 3.92. The van der Waals surface area contributed by atoms with Gasteiger partial charge in [-0.1, -0.05) is 50.2 Å². The minimum atomic E-state index is -0.223. The van der Waals surface area contributed by atoms with Crippen molar-refractivity contribution >= 4 is 11.6 Å². The third kappa shape index (κ3) is 5.37. The Morgan fingerprint density at radius 2 is 1.75 bits per heavy atom. The van der Waals surface area contributed by atoms with E-state index in [1.807, 2.05) is 18.2 Å². The molecule has 1 amide bonds. The van der Waals surface area contributed by atoms with E-state index in [2.05, 4.69) is 30.5 Å². The Labute approximate surface area is 143 Å². The van der Waals surface area contributed by atoms with Crippen molar-refractivity contribution in [1.82, 2.24) is 5.32 Å². The van der Waals surface area contributed by atoms with Crippen LogP contribution in [0, 0.1) is 5.82 Å². The Morgan fingerprint density at radius 1 is 1.04 bits per heavy atom. The van der Waals surface area contributed by atoms with Gasteiger partial charge in [-0.15, -0.1) is 0 Å². The highest BCUT2D eigenvalue weighted by atomic mass is 19.1. The highest BCUT2D eigenvalue weighted by Crippen LogP contribution is 2.23. The molecule has 4 heteroatoms. The van der Waals surface area contributed by atoms with Crippen LogP contribution in [-0.4, -0.2) is 19.0 Å². The fourth-order valence-electron chi connectivity index (χ4n) is 2.60. The first-order chi connectivity index (χ1) is 11.6. The first kappa shape index (κ1) is 18.0. The van der Waals surface area contributed by atoms with Crippen LogP contribution in [0.15, 0.2) is 48.5 Å². The normalized spacial score (nSPS) is 10.7. The van der Waals surface area contributed by atoms with Gasteiger partial charge in [0.1, 0.15) is 5.82 Å². The Kier molecular flexibility index (Phi) is 6.79.